The van der Waals surface area contributed by atoms with Gasteiger partial charge in [0.15, 0.2) is 0 Å². The van der Waals surface area contributed by atoms with E-state index in [4.69, 9.17) is 23.2 Å². The average molecular weight is 228 g/mol. The molecule has 1 fully saturated rings. The molecule has 0 radical (unpaired) electrons. The van der Waals surface area contributed by atoms with E-state index in [-0.39, 0.29) is 6.04 Å². The first kappa shape index (κ1) is 9.72. The van der Waals surface area contributed by atoms with E-state index in [2.05, 4.69) is 4.99 Å². The van der Waals surface area contributed by atoms with Crippen LogP contribution in [0.2, 0.25) is 10.0 Å². The third-order valence-electron chi connectivity index (χ3n) is 2.35. The van der Waals surface area contributed by atoms with Crippen molar-refractivity contribution in [3.63, 3.8) is 0 Å². The van der Waals surface area contributed by atoms with Crippen molar-refractivity contribution in [2.75, 3.05) is 0 Å². The molecule has 2 nitrogen and oxygen atoms in total. The molecule has 0 saturated heterocycles. The van der Waals surface area contributed by atoms with E-state index in [9.17, 15) is 4.79 Å². The van der Waals surface area contributed by atoms with Gasteiger partial charge >= 0.3 is 0 Å². The van der Waals surface area contributed by atoms with Crippen molar-refractivity contribution >= 4 is 29.3 Å². The maximum Gasteiger partial charge on any atom is 0.235 e. The summed E-state index contributed by atoms with van der Waals surface area (Å²) in [4.78, 5) is 13.7. The standard InChI is InChI=1S/C10H7Cl2NO/c11-8-2-1-6(3-9(8)12)7-4-10(7)13-5-14/h1-3,7,10H,4H2. The summed E-state index contributed by atoms with van der Waals surface area (Å²) < 4.78 is 0. The first-order valence-corrected chi connectivity index (χ1v) is 5.00. The SMILES string of the molecule is O=C=NC1CC1c1ccc(Cl)c(Cl)c1. The van der Waals surface area contributed by atoms with Gasteiger partial charge in [0.05, 0.1) is 16.1 Å². The Bertz CT molecular complexity index is 413. The molecule has 0 heterocycles. The molecule has 0 aromatic heterocycles. The van der Waals surface area contributed by atoms with Crippen LogP contribution in [0.25, 0.3) is 0 Å². The minimum absolute atomic E-state index is 0.0877. The molecular weight excluding hydrogens is 221 g/mol. The summed E-state index contributed by atoms with van der Waals surface area (Å²) >= 11 is 11.7. The molecule has 0 N–H and O–H groups in total. The van der Waals surface area contributed by atoms with Crippen LogP contribution in [0.1, 0.15) is 17.9 Å². The lowest BCUT2D eigenvalue weighted by Crippen LogP contribution is -1.84. The number of benzene rings is 1. The van der Waals surface area contributed by atoms with E-state index in [1.807, 2.05) is 12.1 Å². The predicted molar refractivity (Wildman–Crippen MR) is 55.7 cm³/mol. The van der Waals surface area contributed by atoms with E-state index in [0.717, 1.165) is 12.0 Å². The number of halogens is 2. The molecular formula is C10H7Cl2NO. The lowest BCUT2D eigenvalue weighted by molar-refractivity contribution is 0.562. The van der Waals surface area contributed by atoms with E-state index in [0.29, 0.717) is 16.0 Å². The maximum absolute atomic E-state index is 10.0. The second-order valence-electron chi connectivity index (χ2n) is 3.30. The van der Waals surface area contributed by atoms with Crippen molar-refractivity contribution < 1.29 is 4.79 Å². The van der Waals surface area contributed by atoms with Crippen LogP contribution in [0.5, 0.6) is 0 Å². The molecule has 4 heteroatoms. The third-order valence-corrected chi connectivity index (χ3v) is 3.09. The fourth-order valence-electron chi connectivity index (χ4n) is 1.49. The zero-order chi connectivity index (χ0) is 10.1. The number of aliphatic imine (C=N–C) groups is 1. The van der Waals surface area contributed by atoms with Crippen LogP contribution in [0.4, 0.5) is 0 Å². The Hall–Kier alpha value is -0.820. The normalized spacial score (nSPS) is 24.1. The fraction of sp³-hybridized carbons (Fsp3) is 0.300. The Morgan fingerprint density at radius 2 is 2.14 bits per heavy atom. The number of isocyanates is 1. The third kappa shape index (κ3) is 1.83. The molecule has 72 valence electrons. The molecule has 1 aliphatic carbocycles. The first-order valence-electron chi connectivity index (χ1n) is 4.24. The molecule has 0 aliphatic heterocycles. The predicted octanol–water partition coefficient (Wildman–Crippen LogP) is 3.19. The molecule has 0 amide bonds. The fourth-order valence-corrected chi connectivity index (χ4v) is 1.80. The van der Waals surface area contributed by atoms with Gasteiger partial charge < -0.3 is 0 Å². The molecule has 2 unspecified atom stereocenters. The van der Waals surface area contributed by atoms with Crippen molar-refractivity contribution in [2.24, 2.45) is 4.99 Å². The molecule has 1 saturated carbocycles. The van der Waals surface area contributed by atoms with Gasteiger partial charge in [-0.25, -0.2) is 9.79 Å². The minimum Gasteiger partial charge on any atom is -0.211 e. The lowest BCUT2D eigenvalue weighted by atomic mass is 10.1. The van der Waals surface area contributed by atoms with Crippen molar-refractivity contribution in [3.05, 3.63) is 33.8 Å². The number of nitrogens with zero attached hydrogens (tertiary/aromatic N) is 1. The van der Waals surface area contributed by atoms with Gasteiger partial charge in [0.2, 0.25) is 6.08 Å². The van der Waals surface area contributed by atoms with Gasteiger partial charge in [0, 0.05) is 5.92 Å². The quantitative estimate of drug-likeness (QED) is 0.564. The summed E-state index contributed by atoms with van der Waals surface area (Å²) in [6.45, 7) is 0. The van der Waals surface area contributed by atoms with Crippen LogP contribution in [0.3, 0.4) is 0 Å². The maximum atomic E-state index is 10.0. The molecule has 0 spiro atoms. The Morgan fingerprint density at radius 3 is 2.79 bits per heavy atom. The van der Waals surface area contributed by atoms with E-state index in [1.165, 1.54) is 0 Å². The smallest absolute Gasteiger partial charge is 0.211 e. The summed E-state index contributed by atoms with van der Waals surface area (Å²) in [7, 11) is 0. The highest BCUT2D eigenvalue weighted by molar-refractivity contribution is 6.42. The summed E-state index contributed by atoms with van der Waals surface area (Å²) in [5.74, 6) is 0.311. The van der Waals surface area contributed by atoms with Gasteiger partial charge in [-0.2, -0.15) is 0 Å². The molecule has 0 bridgehead atoms. The van der Waals surface area contributed by atoms with E-state index >= 15 is 0 Å². The van der Waals surface area contributed by atoms with Crippen molar-refractivity contribution in [1.29, 1.82) is 0 Å². The zero-order valence-electron chi connectivity index (χ0n) is 7.21. The Kier molecular flexibility index (Phi) is 2.60. The Morgan fingerprint density at radius 1 is 1.36 bits per heavy atom. The Balaban J connectivity index is 2.19. The summed E-state index contributed by atoms with van der Waals surface area (Å²) in [6.07, 6.45) is 2.47. The topological polar surface area (TPSA) is 29.4 Å². The molecule has 1 aromatic rings. The molecule has 2 atom stereocenters. The van der Waals surface area contributed by atoms with Crippen LogP contribution in [-0.2, 0) is 4.79 Å². The Labute approximate surface area is 91.5 Å². The monoisotopic (exact) mass is 227 g/mol. The van der Waals surface area contributed by atoms with Gasteiger partial charge in [-0.05, 0) is 24.1 Å². The van der Waals surface area contributed by atoms with Gasteiger partial charge in [-0.15, -0.1) is 0 Å². The summed E-state index contributed by atoms with van der Waals surface area (Å²) in [6, 6.07) is 5.59. The largest absolute Gasteiger partial charge is 0.235 e. The van der Waals surface area contributed by atoms with Gasteiger partial charge in [0.25, 0.3) is 0 Å². The molecule has 2 rings (SSSR count). The molecule has 1 aromatic carbocycles. The van der Waals surface area contributed by atoms with Gasteiger partial charge in [-0.3, -0.25) is 0 Å². The second kappa shape index (κ2) is 3.74. The summed E-state index contributed by atoms with van der Waals surface area (Å²) in [5, 5.41) is 1.09. The van der Waals surface area contributed by atoms with Gasteiger partial charge in [-0.1, -0.05) is 29.3 Å². The van der Waals surface area contributed by atoms with E-state index < -0.39 is 0 Å². The minimum atomic E-state index is 0.0877. The second-order valence-corrected chi connectivity index (χ2v) is 4.12. The lowest BCUT2D eigenvalue weighted by Gasteiger charge is -2.00. The van der Waals surface area contributed by atoms with Crippen molar-refractivity contribution in [1.82, 2.24) is 0 Å². The van der Waals surface area contributed by atoms with Crippen LogP contribution >= 0.6 is 23.2 Å². The highest BCUT2D eigenvalue weighted by atomic mass is 35.5. The number of carbonyl (C=O) groups excluding carboxylic acids is 1. The average Bonchev–Trinajstić information content (AvgIpc) is 2.90. The first-order chi connectivity index (χ1) is 6.72. The molecule has 14 heavy (non-hydrogen) atoms. The van der Waals surface area contributed by atoms with Gasteiger partial charge in [0.1, 0.15) is 0 Å². The highest BCUT2D eigenvalue weighted by Gasteiger charge is 2.38. The highest BCUT2D eigenvalue weighted by Crippen LogP contribution is 2.44. The van der Waals surface area contributed by atoms with Crippen molar-refractivity contribution in [3.8, 4) is 0 Å². The van der Waals surface area contributed by atoms with Crippen LogP contribution < -0.4 is 0 Å². The van der Waals surface area contributed by atoms with Crippen LogP contribution in [0, 0.1) is 0 Å². The van der Waals surface area contributed by atoms with Crippen LogP contribution in [0.15, 0.2) is 23.2 Å². The van der Waals surface area contributed by atoms with Crippen LogP contribution in [-0.4, -0.2) is 12.1 Å². The number of hydrogen-bond donors (Lipinski definition) is 0. The zero-order valence-corrected chi connectivity index (χ0v) is 8.72. The molecule has 1 aliphatic rings. The number of rotatable bonds is 2. The van der Waals surface area contributed by atoms with E-state index in [1.54, 1.807) is 12.1 Å². The van der Waals surface area contributed by atoms with Crippen molar-refractivity contribution in [2.45, 2.75) is 18.4 Å². The summed E-state index contributed by atoms with van der Waals surface area (Å²) in [5.41, 5.74) is 1.09. The number of hydrogen-bond acceptors (Lipinski definition) is 2.